The average molecular weight is 523 g/mol. The molecule has 3 aromatic rings. The van der Waals surface area contributed by atoms with Gasteiger partial charge in [0.1, 0.15) is 12.4 Å². The maximum Gasteiger partial charge on any atom is 0.227 e. The number of piperazine rings is 1. The zero-order valence-corrected chi connectivity index (χ0v) is 22.0. The number of carbonyl (C=O) groups is 1. The van der Waals surface area contributed by atoms with Gasteiger partial charge in [-0.3, -0.25) is 4.79 Å². The van der Waals surface area contributed by atoms with E-state index in [-0.39, 0.29) is 6.61 Å². The van der Waals surface area contributed by atoms with Crippen LogP contribution < -0.4 is 25.0 Å². The summed E-state index contributed by atoms with van der Waals surface area (Å²) in [6.45, 7) is 10.3. The predicted octanol–water partition coefficient (Wildman–Crippen LogP) is 4.73. The Hall–Kier alpha value is -3.82. The van der Waals surface area contributed by atoms with E-state index >= 15 is 0 Å². The number of nitrogens with one attached hydrogen (secondary N) is 2. The Balaban J connectivity index is 1.45. The van der Waals surface area contributed by atoms with Crippen molar-refractivity contribution in [1.29, 1.82) is 0 Å². The Morgan fingerprint density at radius 3 is 2.51 bits per heavy atom. The number of nitrogens with zero attached hydrogens (tertiary/aromatic N) is 4. The third-order valence-electron chi connectivity index (χ3n) is 6.26. The minimum Gasteiger partial charge on any atom is -0.495 e. The molecule has 37 heavy (non-hydrogen) atoms. The van der Waals surface area contributed by atoms with Gasteiger partial charge in [0.25, 0.3) is 0 Å². The first-order chi connectivity index (χ1) is 17.9. The fraction of sp³-hybridized carbons (Fsp3) is 0.296. The van der Waals surface area contributed by atoms with Crippen molar-refractivity contribution in [2.45, 2.75) is 13.5 Å². The number of benzene rings is 2. The molecule has 0 aliphatic carbocycles. The van der Waals surface area contributed by atoms with E-state index in [2.05, 4.69) is 63.1 Å². The fourth-order valence-corrected chi connectivity index (χ4v) is 4.40. The van der Waals surface area contributed by atoms with Gasteiger partial charge in [-0.25, -0.2) is 9.97 Å². The van der Waals surface area contributed by atoms with Crippen LogP contribution >= 0.6 is 11.6 Å². The second-order valence-corrected chi connectivity index (χ2v) is 9.17. The van der Waals surface area contributed by atoms with Crippen LogP contribution in [0.25, 0.3) is 6.08 Å². The van der Waals surface area contributed by atoms with Crippen LogP contribution in [-0.2, 0) is 11.4 Å². The van der Waals surface area contributed by atoms with Gasteiger partial charge in [0.05, 0.1) is 30.2 Å². The molecule has 1 saturated heterocycles. The molecule has 1 aliphatic heterocycles. The summed E-state index contributed by atoms with van der Waals surface area (Å²) in [6.07, 6.45) is 5.62. The number of hydrogen-bond acceptors (Lipinski definition) is 8. The van der Waals surface area contributed by atoms with Crippen LogP contribution in [0.1, 0.15) is 16.7 Å². The van der Waals surface area contributed by atoms with Crippen LogP contribution in [0.3, 0.4) is 0 Å². The Bertz CT molecular complexity index is 1260. The number of ether oxygens (including phenoxy) is 2. The lowest BCUT2D eigenvalue weighted by molar-refractivity contribution is -0.105. The molecule has 4 rings (SSSR count). The van der Waals surface area contributed by atoms with Crippen molar-refractivity contribution in [3.05, 3.63) is 65.0 Å². The molecule has 1 aliphatic rings. The number of aryl methyl sites for hydroxylation is 1. The number of hydrogen-bond donors (Lipinski definition) is 2. The summed E-state index contributed by atoms with van der Waals surface area (Å²) in [5.41, 5.74) is 5.39. The molecule has 1 amide bonds. The number of aromatic nitrogens is 2. The SMILES string of the molecule is C=Cc1cc(N2CCN(C)CC2)cc(C)c1Nc1ncc(OCc2cc(NC=O)cc(OC)c2Cl)cn1. The van der Waals surface area contributed by atoms with E-state index in [1.807, 2.05) is 6.08 Å². The summed E-state index contributed by atoms with van der Waals surface area (Å²) < 4.78 is 11.1. The lowest BCUT2D eigenvalue weighted by Crippen LogP contribution is -2.44. The standard InChI is InChI=1S/C27H31ClN6O3/c1-5-19-12-22(34-8-6-33(3)7-9-34)10-18(2)26(19)32-27-29-14-23(15-30-27)37-16-20-11-21(31-17-35)13-24(36-4)25(20)28/h5,10-15,17H,1,6-9,16H2,2-4H3,(H,31,35)(H,29,30,32). The minimum absolute atomic E-state index is 0.146. The van der Waals surface area contributed by atoms with Crippen LogP contribution in [0.2, 0.25) is 5.02 Å². The molecule has 1 fully saturated rings. The first kappa shape index (κ1) is 26.2. The minimum atomic E-state index is 0.146. The van der Waals surface area contributed by atoms with Crippen LogP contribution in [0.4, 0.5) is 23.0 Å². The molecule has 2 N–H and O–H groups in total. The highest BCUT2D eigenvalue weighted by atomic mass is 35.5. The van der Waals surface area contributed by atoms with Crippen molar-refractivity contribution in [2.24, 2.45) is 0 Å². The second-order valence-electron chi connectivity index (χ2n) is 8.79. The molecular formula is C27H31ClN6O3. The van der Waals surface area contributed by atoms with E-state index in [1.54, 1.807) is 24.5 Å². The van der Waals surface area contributed by atoms with Crippen molar-refractivity contribution >= 4 is 47.1 Å². The van der Waals surface area contributed by atoms with Crippen molar-refractivity contribution < 1.29 is 14.3 Å². The molecule has 194 valence electrons. The number of rotatable bonds is 10. The monoisotopic (exact) mass is 522 g/mol. The number of anilines is 4. The van der Waals surface area contributed by atoms with E-state index in [4.69, 9.17) is 21.1 Å². The van der Waals surface area contributed by atoms with Crippen molar-refractivity contribution in [2.75, 3.05) is 55.9 Å². The van der Waals surface area contributed by atoms with Crippen LogP contribution in [0.15, 0.2) is 43.2 Å². The Morgan fingerprint density at radius 1 is 1.14 bits per heavy atom. The summed E-state index contributed by atoms with van der Waals surface area (Å²) in [5.74, 6) is 1.36. The summed E-state index contributed by atoms with van der Waals surface area (Å²) in [6, 6.07) is 7.70. The smallest absolute Gasteiger partial charge is 0.227 e. The highest BCUT2D eigenvalue weighted by Gasteiger charge is 2.17. The van der Waals surface area contributed by atoms with Crippen molar-refractivity contribution in [3.8, 4) is 11.5 Å². The maximum absolute atomic E-state index is 10.8. The normalized spacial score (nSPS) is 13.7. The predicted molar refractivity (Wildman–Crippen MR) is 148 cm³/mol. The highest BCUT2D eigenvalue weighted by Crippen LogP contribution is 2.33. The van der Waals surface area contributed by atoms with E-state index in [1.165, 1.54) is 12.8 Å². The van der Waals surface area contributed by atoms with Gasteiger partial charge < -0.3 is 29.9 Å². The molecule has 10 heteroatoms. The Labute approximate surface area is 222 Å². The average Bonchev–Trinajstić information content (AvgIpc) is 2.91. The molecule has 1 aromatic heterocycles. The summed E-state index contributed by atoms with van der Waals surface area (Å²) in [4.78, 5) is 24.4. The first-order valence-corrected chi connectivity index (χ1v) is 12.3. The zero-order valence-electron chi connectivity index (χ0n) is 21.3. The number of amides is 1. The molecule has 2 aromatic carbocycles. The first-order valence-electron chi connectivity index (χ1n) is 11.9. The lowest BCUT2D eigenvalue weighted by atomic mass is 10.1. The molecule has 9 nitrogen and oxygen atoms in total. The molecule has 0 bridgehead atoms. The zero-order chi connectivity index (χ0) is 26.4. The van der Waals surface area contributed by atoms with Gasteiger partial charge in [-0.1, -0.05) is 24.3 Å². The molecular weight excluding hydrogens is 492 g/mol. The van der Waals surface area contributed by atoms with E-state index in [0.29, 0.717) is 40.1 Å². The van der Waals surface area contributed by atoms with Gasteiger partial charge in [-0.2, -0.15) is 0 Å². The molecule has 0 radical (unpaired) electrons. The van der Waals surface area contributed by atoms with Crippen molar-refractivity contribution in [3.63, 3.8) is 0 Å². The van der Waals surface area contributed by atoms with Crippen LogP contribution in [-0.4, -0.2) is 61.6 Å². The van der Waals surface area contributed by atoms with Gasteiger partial charge >= 0.3 is 0 Å². The molecule has 2 heterocycles. The van der Waals surface area contributed by atoms with E-state index < -0.39 is 0 Å². The maximum atomic E-state index is 10.8. The quantitative estimate of drug-likeness (QED) is 0.369. The molecule has 0 saturated carbocycles. The number of methoxy groups -OCH3 is 1. The van der Waals surface area contributed by atoms with Gasteiger partial charge in [0.2, 0.25) is 12.4 Å². The van der Waals surface area contributed by atoms with Crippen LogP contribution in [0.5, 0.6) is 11.5 Å². The van der Waals surface area contributed by atoms with Gasteiger partial charge in [-0.15, -0.1) is 0 Å². The second kappa shape index (κ2) is 11.9. The van der Waals surface area contributed by atoms with Crippen molar-refractivity contribution in [1.82, 2.24) is 14.9 Å². The summed E-state index contributed by atoms with van der Waals surface area (Å²) >= 11 is 6.40. The molecule has 0 atom stereocenters. The van der Waals surface area contributed by atoms with Crippen LogP contribution in [0, 0.1) is 6.92 Å². The van der Waals surface area contributed by atoms with Gasteiger partial charge in [-0.05, 0) is 43.3 Å². The molecule has 0 unspecified atom stereocenters. The van der Waals surface area contributed by atoms with Gasteiger partial charge in [0, 0.05) is 49.2 Å². The molecule has 0 spiro atoms. The Kier molecular flexibility index (Phi) is 8.47. The summed E-state index contributed by atoms with van der Waals surface area (Å²) in [5, 5.41) is 6.33. The largest absolute Gasteiger partial charge is 0.495 e. The van der Waals surface area contributed by atoms with Gasteiger partial charge in [0.15, 0.2) is 5.75 Å². The number of halogens is 1. The van der Waals surface area contributed by atoms with E-state index in [0.717, 1.165) is 43.0 Å². The highest BCUT2D eigenvalue weighted by molar-refractivity contribution is 6.33. The number of likely N-dealkylation sites (N-methyl/N-ethyl adjacent to an activating group) is 1. The third kappa shape index (κ3) is 6.31. The Morgan fingerprint density at radius 2 is 1.86 bits per heavy atom. The summed E-state index contributed by atoms with van der Waals surface area (Å²) in [7, 11) is 3.66. The third-order valence-corrected chi connectivity index (χ3v) is 6.69. The number of carbonyl (C=O) groups excluding carboxylic acids is 1. The van der Waals surface area contributed by atoms with E-state index in [9.17, 15) is 4.79 Å². The lowest BCUT2D eigenvalue weighted by Gasteiger charge is -2.34. The fourth-order valence-electron chi connectivity index (χ4n) is 4.16. The topological polar surface area (TPSA) is 91.8 Å².